The summed E-state index contributed by atoms with van der Waals surface area (Å²) in [4.78, 5) is 0. The first kappa shape index (κ1) is 15.2. The average molecular weight is 304 g/mol. The van der Waals surface area contributed by atoms with Gasteiger partial charge in [0.05, 0.1) is 17.1 Å². The predicted molar refractivity (Wildman–Crippen MR) is 91.9 cm³/mol. The Labute approximate surface area is 136 Å². The third-order valence-corrected chi connectivity index (χ3v) is 3.87. The first-order valence-electron chi connectivity index (χ1n) is 7.72. The second kappa shape index (κ2) is 5.51. The largest absolute Gasteiger partial charge is 0.244 e. The molecule has 1 heterocycles. The van der Waals surface area contributed by atoms with E-state index < -0.39 is 0 Å². The minimum Gasteiger partial charge on any atom is -0.244 e. The van der Waals surface area contributed by atoms with Crippen LogP contribution in [0.3, 0.4) is 0 Å². The minimum atomic E-state index is 0.147. The quantitative estimate of drug-likeness (QED) is 0.708. The Bertz CT molecular complexity index is 907. The van der Waals surface area contributed by atoms with Gasteiger partial charge in [-0.3, -0.25) is 0 Å². The molecule has 0 saturated carbocycles. The maximum atomic E-state index is 9.09. The van der Waals surface area contributed by atoms with Crippen LogP contribution in [0.5, 0.6) is 0 Å². The SMILES string of the molecule is Cc1c(-c2cccc(C#N)c2)ccc2c1nnn2CC(C)(C)C. The number of hydrogen-bond donors (Lipinski definition) is 0. The molecular formula is C19H20N4. The van der Waals surface area contributed by atoms with Crippen LogP contribution < -0.4 is 0 Å². The number of aromatic nitrogens is 3. The number of nitrogens with zero attached hydrogens (tertiary/aromatic N) is 4. The van der Waals surface area contributed by atoms with Gasteiger partial charge in [-0.05, 0) is 47.2 Å². The zero-order valence-electron chi connectivity index (χ0n) is 14.0. The molecule has 2 aromatic carbocycles. The molecule has 3 rings (SSSR count). The fourth-order valence-corrected chi connectivity index (χ4v) is 2.80. The van der Waals surface area contributed by atoms with E-state index >= 15 is 0 Å². The third kappa shape index (κ3) is 2.95. The number of benzene rings is 2. The van der Waals surface area contributed by atoms with E-state index in [1.165, 1.54) is 0 Å². The van der Waals surface area contributed by atoms with E-state index in [-0.39, 0.29) is 5.41 Å². The second-order valence-electron chi connectivity index (χ2n) is 7.11. The van der Waals surface area contributed by atoms with Crippen LogP contribution in [0.25, 0.3) is 22.2 Å². The van der Waals surface area contributed by atoms with Gasteiger partial charge in [-0.15, -0.1) is 5.10 Å². The molecule has 23 heavy (non-hydrogen) atoms. The average Bonchev–Trinajstić information content (AvgIpc) is 2.90. The van der Waals surface area contributed by atoms with Gasteiger partial charge in [0, 0.05) is 6.54 Å². The normalized spacial score (nSPS) is 11.6. The number of fused-ring (bicyclic) bond motifs is 1. The smallest absolute Gasteiger partial charge is 0.116 e. The molecule has 0 bridgehead atoms. The fourth-order valence-electron chi connectivity index (χ4n) is 2.80. The molecule has 4 heteroatoms. The lowest BCUT2D eigenvalue weighted by molar-refractivity contribution is 0.327. The molecule has 0 radical (unpaired) electrons. The summed E-state index contributed by atoms with van der Waals surface area (Å²) in [5, 5.41) is 17.8. The van der Waals surface area contributed by atoms with E-state index in [2.05, 4.69) is 56.2 Å². The van der Waals surface area contributed by atoms with Gasteiger partial charge in [-0.1, -0.05) is 44.2 Å². The van der Waals surface area contributed by atoms with E-state index in [1.807, 2.05) is 28.9 Å². The molecule has 3 aromatic rings. The van der Waals surface area contributed by atoms with Gasteiger partial charge in [0.25, 0.3) is 0 Å². The Morgan fingerprint density at radius 2 is 1.96 bits per heavy atom. The highest BCUT2D eigenvalue weighted by Crippen LogP contribution is 2.30. The maximum absolute atomic E-state index is 9.09. The van der Waals surface area contributed by atoms with Crippen molar-refractivity contribution < 1.29 is 0 Å². The summed E-state index contributed by atoms with van der Waals surface area (Å²) in [6, 6.07) is 14.0. The molecule has 0 unspecified atom stereocenters. The molecule has 0 fully saturated rings. The number of rotatable bonds is 2. The van der Waals surface area contributed by atoms with Gasteiger partial charge in [0.1, 0.15) is 5.52 Å². The van der Waals surface area contributed by atoms with E-state index in [0.29, 0.717) is 5.56 Å². The molecule has 1 aromatic heterocycles. The molecule has 4 nitrogen and oxygen atoms in total. The highest BCUT2D eigenvalue weighted by Gasteiger charge is 2.16. The molecule has 0 spiro atoms. The first-order valence-corrected chi connectivity index (χ1v) is 7.72. The highest BCUT2D eigenvalue weighted by atomic mass is 15.4. The zero-order chi connectivity index (χ0) is 16.6. The summed E-state index contributed by atoms with van der Waals surface area (Å²) < 4.78 is 1.97. The van der Waals surface area contributed by atoms with Crippen LogP contribution in [0.4, 0.5) is 0 Å². The van der Waals surface area contributed by atoms with Crippen molar-refractivity contribution in [1.82, 2.24) is 15.0 Å². The Morgan fingerprint density at radius 3 is 2.65 bits per heavy atom. The van der Waals surface area contributed by atoms with Crippen molar-refractivity contribution in [3.63, 3.8) is 0 Å². The highest BCUT2D eigenvalue weighted by molar-refractivity contribution is 5.86. The van der Waals surface area contributed by atoms with Crippen molar-refractivity contribution in [2.75, 3.05) is 0 Å². The molecule has 0 aliphatic heterocycles. The molecule has 0 aliphatic carbocycles. The topological polar surface area (TPSA) is 54.5 Å². The van der Waals surface area contributed by atoms with Crippen molar-refractivity contribution >= 4 is 11.0 Å². The zero-order valence-corrected chi connectivity index (χ0v) is 14.0. The van der Waals surface area contributed by atoms with Crippen molar-refractivity contribution in [3.8, 4) is 17.2 Å². The number of nitriles is 1. The summed E-state index contributed by atoms with van der Waals surface area (Å²) in [6.07, 6.45) is 0. The van der Waals surface area contributed by atoms with Crippen LogP contribution in [0.15, 0.2) is 36.4 Å². The van der Waals surface area contributed by atoms with Crippen LogP contribution in [0, 0.1) is 23.7 Å². The van der Waals surface area contributed by atoms with Crippen LogP contribution in [0.2, 0.25) is 0 Å². The maximum Gasteiger partial charge on any atom is 0.116 e. The van der Waals surface area contributed by atoms with Crippen LogP contribution in [-0.2, 0) is 6.54 Å². The molecule has 0 aliphatic rings. The molecule has 0 saturated heterocycles. The second-order valence-corrected chi connectivity index (χ2v) is 7.11. The summed E-state index contributed by atoms with van der Waals surface area (Å²) >= 11 is 0. The third-order valence-electron chi connectivity index (χ3n) is 3.87. The minimum absolute atomic E-state index is 0.147. The standard InChI is InChI=1S/C19H20N4/c1-13-16(15-7-5-6-14(10-15)11-20)8-9-17-18(13)21-22-23(17)12-19(2,3)4/h5-10H,12H2,1-4H3. The molecule has 0 atom stereocenters. The Balaban J connectivity index is 2.11. The first-order chi connectivity index (χ1) is 10.9. The Hall–Kier alpha value is -2.67. The predicted octanol–water partition coefficient (Wildman–Crippen LogP) is 4.32. The Morgan fingerprint density at radius 1 is 1.17 bits per heavy atom. The van der Waals surface area contributed by atoms with Crippen molar-refractivity contribution in [3.05, 3.63) is 47.5 Å². The van der Waals surface area contributed by atoms with Gasteiger partial charge < -0.3 is 0 Å². The van der Waals surface area contributed by atoms with Crippen LogP contribution >= 0.6 is 0 Å². The summed E-state index contributed by atoms with van der Waals surface area (Å²) in [6.45, 7) is 9.46. The monoisotopic (exact) mass is 304 g/mol. The van der Waals surface area contributed by atoms with Gasteiger partial charge in [-0.25, -0.2) is 4.68 Å². The van der Waals surface area contributed by atoms with Crippen LogP contribution in [0.1, 0.15) is 31.9 Å². The molecular weight excluding hydrogens is 284 g/mol. The van der Waals surface area contributed by atoms with Gasteiger partial charge >= 0.3 is 0 Å². The lowest BCUT2D eigenvalue weighted by Gasteiger charge is -2.18. The molecule has 0 amide bonds. The van der Waals surface area contributed by atoms with Crippen molar-refractivity contribution in [2.24, 2.45) is 5.41 Å². The Kier molecular flexibility index (Phi) is 3.65. The number of hydrogen-bond acceptors (Lipinski definition) is 3. The molecule has 116 valence electrons. The van der Waals surface area contributed by atoms with E-state index in [0.717, 1.165) is 34.3 Å². The summed E-state index contributed by atoms with van der Waals surface area (Å²) in [5.41, 5.74) is 6.02. The van der Waals surface area contributed by atoms with Gasteiger partial charge in [0.15, 0.2) is 0 Å². The molecule has 0 N–H and O–H groups in total. The van der Waals surface area contributed by atoms with Crippen molar-refractivity contribution in [2.45, 2.75) is 34.2 Å². The van der Waals surface area contributed by atoms with E-state index in [4.69, 9.17) is 5.26 Å². The lowest BCUT2D eigenvalue weighted by Crippen LogP contribution is -2.16. The van der Waals surface area contributed by atoms with Gasteiger partial charge in [0.2, 0.25) is 0 Å². The fraction of sp³-hybridized carbons (Fsp3) is 0.316. The summed E-state index contributed by atoms with van der Waals surface area (Å²) in [5.74, 6) is 0. The lowest BCUT2D eigenvalue weighted by atomic mass is 9.96. The van der Waals surface area contributed by atoms with Gasteiger partial charge in [-0.2, -0.15) is 5.26 Å². The number of aryl methyl sites for hydroxylation is 1. The van der Waals surface area contributed by atoms with E-state index in [1.54, 1.807) is 0 Å². The van der Waals surface area contributed by atoms with Crippen LogP contribution in [-0.4, -0.2) is 15.0 Å². The van der Waals surface area contributed by atoms with E-state index in [9.17, 15) is 0 Å². The summed E-state index contributed by atoms with van der Waals surface area (Å²) in [7, 11) is 0. The van der Waals surface area contributed by atoms with Crippen molar-refractivity contribution in [1.29, 1.82) is 5.26 Å².